The highest BCUT2D eigenvalue weighted by atomic mass is 16.6. The zero-order chi connectivity index (χ0) is 32.0. The van der Waals surface area contributed by atoms with E-state index < -0.39 is 4.92 Å². The molecule has 0 amide bonds. The van der Waals surface area contributed by atoms with Crippen molar-refractivity contribution < 1.29 is 24.2 Å². The minimum atomic E-state index is -0.425. The molecule has 13 nitrogen and oxygen atoms in total. The second-order valence-corrected chi connectivity index (χ2v) is 11.0. The van der Waals surface area contributed by atoms with Gasteiger partial charge in [-0.3, -0.25) is 20.2 Å². The third-order valence-corrected chi connectivity index (χ3v) is 7.83. The summed E-state index contributed by atoms with van der Waals surface area (Å²) in [7, 11) is 0. The summed E-state index contributed by atoms with van der Waals surface area (Å²) in [5.74, 6) is 1.38. The van der Waals surface area contributed by atoms with Crippen molar-refractivity contribution in [1.82, 2.24) is 20.0 Å². The summed E-state index contributed by atoms with van der Waals surface area (Å²) in [5.41, 5.74) is 2.58. The lowest BCUT2D eigenvalue weighted by atomic mass is 10.0. The van der Waals surface area contributed by atoms with E-state index in [1.54, 1.807) is 0 Å². The van der Waals surface area contributed by atoms with Crippen molar-refractivity contribution in [3.63, 3.8) is 0 Å². The molecule has 3 fully saturated rings. The van der Waals surface area contributed by atoms with Crippen LogP contribution in [0, 0.1) is 20.2 Å². The van der Waals surface area contributed by atoms with Crippen LogP contribution < -0.4 is 5.32 Å². The van der Waals surface area contributed by atoms with Crippen molar-refractivity contribution in [3.05, 3.63) is 116 Å². The van der Waals surface area contributed by atoms with E-state index in [1.807, 2.05) is 53.4 Å². The fraction of sp³-hybridized carbons (Fsp3) is 0.455. The summed E-state index contributed by atoms with van der Waals surface area (Å²) in [6.45, 7) is 4.59. The van der Waals surface area contributed by atoms with E-state index in [9.17, 15) is 29.8 Å². The van der Waals surface area contributed by atoms with Crippen molar-refractivity contribution >= 4 is 12.6 Å². The molecule has 4 aliphatic heterocycles. The zero-order valence-electron chi connectivity index (χ0n) is 25.2. The van der Waals surface area contributed by atoms with E-state index in [4.69, 9.17) is 4.74 Å². The summed E-state index contributed by atoms with van der Waals surface area (Å²) in [4.78, 5) is 46.7. The van der Waals surface area contributed by atoms with Gasteiger partial charge < -0.3 is 34.3 Å². The van der Waals surface area contributed by atoms with Crippen LogP contribution in [0.25, 0.3) is 0 Å². The molecule has 4 heterocycles. The first-order valence-corrected chi connectivity index (χ1v) is 15.3. The van der Waals surface area contributed by atoms with E-state index in [2.05, 4.69) is 27.2 Å². The monoisotopic (exact) mass is 636 g/mol. The Balaban J connectivity index is 0.000000211. The summed E-state index contributed by atoms with van der Waals surface area (Å²) < 4.78 is 5.91. The molecule has 0 aliphatic carbocycles. The average Bonchev–Trinajstić information content (AvgIpc) is 3.65. The second-order valence-electron chi connectivity index (χ2n) is 11.0. The van der Waals surface area contributed by atoms with E-state index in [-0.39, 0.29) is 30.4 Å². The Hall–Kier alpha value is -4.78. The molecule has 2 aromatic rings. The van der Waals surface area contributed by atoms with Gasteiger partial charge >= 0.3 is 5.70 Å². The number of fused-ring (bicyclic) bond motifs is 4. The molecule has 6 rings (SSSR count). The molecule has 1 N–H and O–H groups in total. The quantitative estimate of drug-likeness (QED) is 0.170. The molecular weight excluding hydrogens is 592 g/mol. The average molecular weight is 637 g/mol. The Kier molecular flexibility index (Phi) is 14.2. The van der Waals surface area contributed by atoms with Crippen molar-refractivity contribution in [1.29, 1.82) is 0 Å². The van der Waals surface area contributed by atoms with Crippen LogP contribution in [0.4, 0.5) is 0 Å². The summed E-state index contributed by atoms with van der Waals surface area (Å²) in [6, 6.07) is 20.1. The van der Waals surface area contributed by atoms with Gasteiger partial charge in [-0.2, -0.15) is 0 Å². The summed E-state index contributed by atoms with van der Waals surface area (Å²) in [6.07, 6.45) is 6.77. The lowest BCUT2D eigenvalue weighted by Crippen LogP contribution is -2.48. The predicted molar refractivity (Wildman–Crippen MR) is 173 cm³/mol. The van der Waals surface area contributed by atoms with Gasteiger partial charge in [0.1, 0.15) is 18.8 Å². The van der Waals surface area contributed by atoms with Crippen LogP contribution in [-0.2, 0) is 27.4 Å². The first-order valence-electron chi connectivity index (χ1n) is 15.3. The Morgan fingerprint density at radius 3 is 2.02 bits per heavy atom. The summed E-state index contributed by atoms with van der Waals surface area (Å²) >= 11 is 0. The third-order valence-electron chi connectivity index (χ3n) is 7.83. The molecular formula is C33H44N6O7. The van der Waals surface area contributed by atoms with Crippen molar-refractivity contribution in [3.8, 4) is 0 Å². The van der Waals surface area contributed by atoms with Crippen LogP contribution in [0.1, 0.15) is 57.1 Å². The number of carbonyl (C=O) groups is 2. The number of benzene rings is 2. The van der Waals surface area contributed by atoms with Crippen LogP contribution in [-0.4, -0.2) is 75.6 Å². The standard InChI is InChI=1S/C16H19N3O3.C11H13N3O2.C5H8O2.CH4/c20-19(21)15-13-7-4-8-14(22-13)18-10-9-17(16(15)18)11-12-5-2-1-3-6-12;15-14(16)9-11-12-6-7-13(11)8-10-4-2-1-3-5-10;6-4-2-1-3-5-7;/h1-3,5-6,13-14H,4,7-11H2;1-5,9,12H,6-8H2;4-5H,1-3H2;1H4/b;11-9+;;/t13-,14+;;;/m0.../s1. The van der Waals surface area contributed by atoms with E-state index >= 15 is 0 Å². The Morgan fingerprint density at radius 2 is 1.46 bits per heavy atom. The molecule has 46 heavy (non-hydrogen) atoms. The fourth-order valence-electron chi connectivity index (χ4n) is 5.78. The number of unbranched alkanes of at least 4 members (excludes halogenated alkanes) is 2. The molecule has 0 saturated carbocycles. The number of hydrogen-bond acceptors (Lipinski definition) is 11. The molecule has 0 spiro atoms. The van der Waals surface area contributed by atoms with Crippen LogP contribution in [0.15, 0.2) is 84.2 Å². The SMILES string of the molecule is C.O=CCCCC=O.O=[N+]([O-])/C=C1\NCCN1Cc1ccccc1.O=[N+]([O-])C1=C2N(Cc3ccccc3)CCN2[C@H]2CCC[C@@H]1O2. The molecule has 248 valence electrons. The van der Waals surface area contributed by atoms with Crippen molar-refractivity contribution in [2.24, 2.45) is 0 Å². The number of aldehydes is 2. The van der Waals surface area contributed by atoms with Gasteiger partial charge in [0.25, 0.3) is 6.20 Å². The van der Waals surface area contributed by atoms with Gasteiger partial charge in [0.15, 0.2) is 17.7 Å². The Labute approximate surface area is 269 Å². The number of ether oxygens (including phenoxy) is 1. The largest absolute Gasteiger partial charge is 0.365 e. The molecule has 2 atom stereocenters. The number of nitrogens with one attached hydrogen (secondary N) is 1. The van der Waals surface area contributed by atoms with E-state index in [0.29, 0.717) is 38.2 Å². The van der Waals surface area contributed by atoms with Gasteiger partial charge in [0.05, 0.1) is 9.85 Å². The first-order chi connectivity index (χ1) is 21.9. The van der Waals surface area contributed by atoms with Crippen molar-refractivity contribution in [2.75, 3.05) is 26.2 Å². The number of rotatable bonds is 10. The Morgan fingerprint density at radius 1 is 0.848 bits per heavy atom. The number of nitrogens with zero attached hydrogens (tertiary/aromatic N) is 5. The minimum Gasteiger partial charge on any atom is -0.365 e. The van der Waals surface area contributed by atoms with Gasteiger partial charge in [-0.05, 0) is 36.8 Å². The topological polar surface area (TPSA) is 151 Å². The molecule has 2 bridgehead atoms. The normalized spacial score (nSPS) is 20.3. The highest BCUT2D eigenvalue weighted by Gasteiger charge is 2.48. The lowest BCUT2D eigenvalue weighted by Gasteiger charge is -2.41. The molecule has 13 heteroatoms. The maximum absolute atomic E-state index is 11.6. The van der Waals surface area contributed by atoms with Crippen molar-refractivity contribution in [2.45, 2.75) is 71.4 Å². The Bertz CT molecular complexity index is 1350. The molecule has 0 radical (unpaired) electrons. The van der Waals surface area contributed by atoms with Gasteiger partial charge in [0.2, 0.25) is 0 Å². The summed E-state index contributed by atoms with van der Waals surface area (Å²) in [5, 5.41) is 25.0. The van der Waals surface area contributed by atoms with Crippen LogP contribution in [0.3, 0.4) is 0 Å². The molecule has 2 aromatic carbocycles. The fourth-order valence-corrected chi connectivity index (χ4v) is 5.78. The molecule has 3 saturated heterocycles. The predicted octanol–water partition coefficient (Wildman–Crippen LogP) is 4.52. The lowest BCUT2D eigenvalue weighted by molar-refractivity contribution is -0.448. The van der Waals surface area contributed by atoms with Crippen LogP contribution >= 0.6 is 0 Å². The van der Waals surface area contributed by atoms with Crippen LogP contribution in [0.2, 0.25) is 0 Å². The van der Waals surface area contributed by atoms with Crippen LogP contribution in [0.5, 0.6) is 0 Å². The third kappa shape index (κ3) is 9.86. The van der Waals surface area contributed by atoms with Gasteiger partial charge in [-0.25, -0.2) is 0 Å². The highest BCUT2D eigenvalue weighted by molar-refractivity contribution is 5.52. The highest BCUT2D eigenvalue weighted by Crippen LogP contribution is 2.39. The van der Waals surface area contributed by atoms with E-state index in [0.717, 1.165) is 75.6 Å². The molecule has 0 unspecified atom stereocenters. The number of hydrogen-bond donors (Lipinski definition) is 1. The van der Waals surface area contributed by atoms with Gasteiger partial charge in [-0.1, -0.05) is 68.1 Å². The molecule has 4 aliphatic rings. The number of carbonyl (C=O) groups excluding carboxylic acids is 2. The smallest absolute Gasteiger partial charge is 0.314 e. The second kappa shape index (κ2) is 18.3. The number of nitro groups is 2. The van der Waals surface area contributed by atoms with Gasteiger partial charge in [-0.15, -0.1) is 0 Å². The maximum Gasteiger partial charge on any atom is 0.314 e. The first kappa shape index (κ1) is 35.7. The van der Waals surface area contributed by atoms with Gasteiger partial charge in [0, 0.05) is 52.1 Å². The zero-order valence-corrected chi connectivity index (χ0v) is 25.2. The minimum absolute atomic E-state index is 0. The van der Waals surface area contributed by atoms with E-state index in [1.165, 1.54) is 5.56 Å². The maximum atomic E-state index is 11.6. The molecule has 0 aromatic heterocycles.